The van der Waals surface area contributed by atoms with Crippen molar-refractivity contribution in [1.82, 2.24) is 47.4 Å². The highest BCUT2D eigenvalue weighted by Crippen LogP contribution is 2.21. The van der Waals surface area contributed by atoms with Gasteiger partial charge in [0, 0.05) is 32.4 Å². The molecular weight excluding hydrogens is 1160 g/mol. The van der Waals surface area contributed by atoms with E-state index in [0.717, 1.165) is 4.90 Å². The van der Waals surface area contributed by atoms with Gasteiger partial charge in [-0.25, -0.2) is 4.79 Å². The molecule has 0 bridgehead atoms. The van der Waals surface area contributed by atoms with Crippen LogP contribution >= 0.6 is 11.8 Å². The summed E-state index contributed by atoms with van der Waals surface area (Å²) in [6.45, 7) is 3.72. The van der Waals surface area contributed by atoms with E-state index in [-0.39, 0.29) is 94.1 Å². The van der Waals surface area contributed by atoms with Crippen molar-refractivity contribution in [3.8, 4) is 11.5 Å². The lowest BCUT2D eigenvalue weighted by Gasteiger charge is -2.30. The van der Waals surface area contributed by atoms with E-state index in [2.05, 4.69) is 47.5 Å². The summed E-state index contributed by atoms with van der Waals surface area (Å²) in [6, 6.07) is -3.74. The summed E-state index contributed by atoms with van der Waals surface area (Å²) in [7, 11) is 0. The Kier molecular flexibility index (Phi) is 30.2. The average molecular weight is 1240 g/mol. The van der Waals surface area contributed by atoms with Crippen molar-refractivity contribution in [1.29, 1.82) is 0 Å². The monoisotopic (exact) mass is 1240 g/mol. The largest absolute Gasteiger partial charge is 0.508 e. The molecule has 1 aliphatic rings. The molecule has 31 nitrogen and oxygen atoms in total. The fourth-order valence-corrected chi connectivity index (χ4v) is 9.38. The van der Waals surface area contributed by atoms with Gasteiger partial charge in [0.15, 0.2) is 5.96 Å². The number of aromatic hydroxyl groups is 2. The van der Waals surface area contributed by atoms with Gasteiger partial charge in [-0.1, -0.05) is 44.5 Å². The summed E-state index contributed by atoms with van der Waals surface area (Å²) in [6.07, 6.45) is 0.411. The highest BCUT2D eigenvalue weighted by molar-refractivity contribution is 7.98. The summed E-state index contributed by atoms with van der Waals surface area (Å²) in [5.74, 6) is -13.2. The van der Waals surface area contributed by atoms with Crippen LogP contribution in [-0.2, 0) is 70.4 Å². The minimum Gasteiger partial charge on any atom is -0.508 e. The quantitative estimate of drug-likeness (QED) is 0.0173. The van der Waals surface area contributed by atoms with Gasteiger partial charge in [0.25, 0.3) is 0 Å². The number of carboxylic acids is 2. The van der Waals surface area contributed by atoms with Crippen LogP contribution in [0.3, 0.4) is 0 Å². The number of phenols is 2. The first-order valence-electron chi connectivity index (χ1n) is 28.0. The highest BCUT2D eigenvalue weighted by Gasteiger charge is 2.40. The third-order valence-electron chi connectivity index (χ3n) is 14.1. The lowest BCUT2D eigenvalue weighted by Crippen LogP contribution is -2.61. The van der Waals surface area contributed by atoms with Gasteiger partial charge in [0.2, 0.25) is 59.1 Å². The summed E-state index contributed by atoms with van der Waals surface area (Å²) >= 11 is 1.26. The molecule has 21 N–H and O–H groups in total. The van der Waals surface area contributed by atoms with Gasteiger partial charge in [-0.3, -0.25) is 57.7 Å². The number of aliphatic imine (C=N–C) groups is 1. The number of amides is 10. The van der Waals surface area contributed by atoms with Gasteiger partial charge in [0.05, 0.1) is 19.1 Å². The summed E-state index contributed by atoms with van der Waals surface area (Å²) in [5.41, 5.74) is 22.8. The first-order chi connectivity index (χ1) is 41.1. The number of nitrogens with one attached hydrogen (secondary N) is 8. The molecule has 0 spiro atoms. The van der Waals surface area contributed by atoms with Crippen LogP contribution < -0.4 is 65.5 Å². The Hall–Kier alpha value is -8.78. The first kappa shape index (κ1) is 72.5. The summed E-state index contributed by atoms with van der Waals surface area (Å²) < 4.78 is 0. The number of likely N-dealkylation sites (tertiary alicyclic amines) is 1. The number of hydrogen-bond acceptors (Lipinski definition) is 18. The Morgan fingerprint density at radius 2 is 1.13 bits per heavy atom. The van der Waals surface area contributed by atoms with Crippen LogP contribution in [0.25, 0.3) is 0 Å². The number of phenolic OH excluding ortho intramolecular Hbond substituents is 2. The van der Waals surface area contributed by atoms with E-state index in [1.54, 1.807) is 20.1 Å². The number of aliphatic hydroxyl groups is 1. The molecule has 32 heteroatoms. The fraction of sp³-hybridized carbons (Fsp3) is 0.545. The zero-order chi connectivity index (χ0) is 65.1. The predicted molar refractivity (Wildman–Crippen MR) is 315 cm³/mol. The van der Waals surface area contributed by atoms with Gasteiger partial charge in [-0.15, -0.1) is 0 Å². The van der Waals surface area contributed by atoms with Crippen molar-refractivity contribution < 1.29 is 83.1 Å². The lowest BCUT2D eigenvalue weighted by molar-refractivity contribution is -0.149. The number of aliphatic carboxylic acids is 2. The van der Waals surface area contributed by atoms with Gasteiger partial charge >= 0.3 is 11.9 Å². The van der Waals surface area contributed by atoms with Gasteiger partial charge in [-0.2, -0.15) is 11.8 Å². The average Bonchev–Trinajstić information content (AvgIpc) is 4.00. The summed E-state index contributed by atoms with van der Waals surface area (Å²) in [4.78, 5) is 166. The van der Waals surface area contributed by atoms with Crippen LogP contribution in [0.1, 0.15) is 89.7 Å². The molecule has 2 aromatic rings. The van der Waals surface area contributed by atoms with Crippen molar-refractivity contribution in [2.45, 2.75) is 152 Å². The molecule has 0 radical (unpaired) electrons. The number of nitrogens with zero attached hydrogens (tertiary/aromatic N) is 2. The van der Waals surface area contributed by atoms with Crippen LogP contribution in [0, 0.1) is 5.92 Å². The second kappa shape index (κ2) is 36.3. The van der Waals surface area contributed by atoms with Crippen molar-refractivity contribution >= 4 is 88.7 Å². The maximum Gasteiger partial charge on any atom is 0.326 e. The second-order valence-electron chi connectivity index (χ2n) is 20.9. The molecular formula is C55H82N14O17S. The number of guanidine groups is 1. The first-order valence-corrected chi connectivity index (χ1v) is 29.4. The van der Waals surface area contributed by atoms with Crippen LogP contribution in [0.2, 0.25) is 0 Å². The van der Waals surface area contributed by atoms with Gasteiger partial charge < -0.3 is 95.9 Å². The van der Waals surface area contributed by atoms with Crippen molar-refractivity contribution in [3.63, 3.8) is 0 Å². The Morgan fingerprint density at radius 3 is 1.67 bits per heavy atom. The van der Waals surface area contributed by atoms with Crippen molar-refractivity contribution in [2.75, 3.05) is 31.7 Å². The minimum atomic E-state index is -1.93. The van der Waals surface area contributed by atoms with E-state index in [9.17, 15) is 83.1 Å². The maximum absolute atomic E-state index is 14.3. The van der Waals surface area contributed by atoms with Crippen LogP contribution in [0.15, 0.2) is 53.5 Å². The van der Waals surface area contributed by atoms with Crippen LogP contribution in [0.4, 0.5) is 0 Å². The number of hydrogen-bond donors (Lipinski definition) is 17. The van der Waals surface area contributed by atoms with Crippen LogP contribution in [0.5, 0.6) is 11.5 Å². The number of carboxylic acid groups (broad SMARTS) is 2. The van der Waals surface area contributed by atoms with E-state index < -0.39 is 150 Å². The molecule has 1 fully saturated rings. The van der Waals surface area contributed by atoms with Crippen molar-refractivity contribution in [3.05, 3.63) is 59.7 Å². The number of carbonyl (C=O) groups is 12. The lowest BCUT2D eigenvalue weighted by atomic mass is 9.97. The molecule has 2 aromatic carbocycles. The second-order valence-corrected chi connectivity index (χ2v) is 21.8. The molecule has 1 heterocycles. The molecule has 0 unspecified atom stereocenters. The van der Waals surface area contributed by atoms with Gasteiger partial charge in [-0.05, 0) is 98.8 Å². The van der Waals surface area contributed by atoms with Gasteiger partial charge in [0.1, 0.15) is 65.9 Å². The van der Waals surface area contributed by atoms with Crippen molar-refractivity contribution in [2.24, 2.45) is 33.8 Å². The summed E-state index contributed by atoms with van der Waals surface area (Å²) in [5, 5.41) is 69.3. The SMILES string of the molecule is CC[C@H](C)[C@H](NC(=O)[C@H](CCSC)NC(=O)[C@H](CC(=O)O)NC(=O)[C@H](Cc1ccc(O)cc1)NC(=O)[C@H](CO)NC(=O)[C@@H](N)CCC(N)=O)C(=O)N[C@@H](C)C(=O)N[C@@H](CCCN=C(N)N)C(=O)N[C@@H](Cc1ccc(O)cc1)C(=O)N1CCC[C@H]1C(=O)O. The number of nitrogens with two attached hydrogens (primary N) is 4. The van der Waals surface area contributed by atoms with E-state index in [1.165, 1.54) is 67.2 Å². The number of benzene rings is 2. The number of thioether (sulfide) groups is 1. The Labute approximate surface area is 506 Å². The topological polar surface area (TPSA) is 522 Å². The number of primary amides is 1. The molecule has 10 amide bonds. The number of carbonyl (C=O) groups excluding carboxylic acids is 10. The number of rotatable bonds is 37. The molecule has 0 saturated carbocycles. The highest BCUT2D eigenvalue weighted by atomic mass is 32.2. The predicted octanol–water partition coefficient (Wildman–Crippen LogP) is -4.23. The molecule has 87 heavy (non-hydrogen) atoms. The number of aliphatic hydroxyl groups excluding tert-OH is 1. The molecule has 1 aliphatic heterocycles. The molecule has 1 saturated heterocycles. The Bertz CT molecular complexity index is 2750. The molecule has 480 valence electrons. The zero-order valence-corrected chi connectivity index (χ0v) is 49.6. The molecule has 0 aromatic heterocycles. The zero-order valence-electron chi connectivity index (χ0n) is 48.8. The standard InChI is InChI=1S/C55H82N14O17S/c1-5-28(2)44(52(83)61-29(3)45(76)62-35(8-6-21-60-55(58)59)47(78)66-39(25-31-12-16-33(72)17-13-31)53(84)69-22-7-9-41(69)54(85)86)68-48(79)36(20-23-87-4)63-50(81)38(26-43(74)75)65-49(80)37(24-30-10-14-32(71)15-11-30)64-51(82)40(27-70)67-46(77)34(56)18-19-42(57)73/h10-17,28-29,34-41,44,70-72H,5-9,18-27,56H2,1-4H3,(H2,57,73)(H,61,83)(H,62,76)(H,63,81)(H,64,82)(H,65,80)(H,66,78)(H,67,77)(H,68,79)(H,74,75)(H,85,86)(H4,58,59,60)/t28-,29-,34-,35-,36-,37-,38-,39-,40-,41-,44-/m0/s1. The molecule has 0 aliphatic carbocycles. The Morgan fingerprint density at radius 1 is 0.632 bits per heavy atom. The third kappa shape index (κ3) is 24.6. The molecule has 11 atom stereocenters. The maximum atomic E-state index is 14.3. The molecule has 3 rings (SSSR count). The van der Waals surface area contributed by atoms with E-state index in [4.69, 9.17) is 22.9 Å². The Balaban J connectivity index is 1.87. The minimum absolute atomic E-state index is 0.0140. The third-order valence-corrected chi connectivity index (χ3v) is 14.7. The van der Waals surface area contributed by atoms with E-state index in [0.29, 0.717) is 17.5 Å². The van der Waals surface area contributed by atoms with Crippen LogP contribution in [-0.4, -0.2) is 200 Å². The van der Waals surface area contributed by atoms with E-state index in [1.807, 2.05) is 0 Å². The normalized spacial score (nSPS) is 16.2. The fourth-order valence-electron chi connectivity index (χ4n) is 8.91. The smallest absolute Gasteiger partial charge is 0.326 e. The van der Waals surface area contributed by atoms with E-state index >= 15 is 0 Å².